The Hall–Kier alpha value is -1.53. The second-order valence-electron chi connectivity index (χ2n) is 4.58. The molecule has 7 heteroatoms. The molecule has 1 saturated carbocycles. The highest BCUT2D eigenvalue weighted by Crippen LogP contribution is 2.46. The van der Waals surface area contributed by atoms with Gasteiger partial charge in [-0.1, -0.05) is 16.8 Å². The van der Waals surface area contributed by atoms with E-state index in [1.807, 2.05) is 24.3 Å². The maximum Gasteiger partial charge on any atom is 0.307 e. The zero-order valence-corrected chi connectivity index (χ0v) is 11.9. The largest absolute Gasteiger partial charge is 0.481 e. The molecule has 2 unspecified atom stereocenters. The number of carbonyl (C=O) groups is 1. The smallest absolute Gasteiger partial charge is 0.307 e. The molecule has 2 atom stereocenters. The number of halogens is 1. The zero-order chi connectivity index (χ0) is 14.1. The molecule has 1 aromatic carbocycles. The molecule has 1 heterocycles. The molecule has 1 aromatic heterocycles. The van der Waals surface area contributed by atoms with Crippen molar-refractivity contribution in [2.24, 2.45) is 5.92 Å². The van der Waals surface area contributed by atoms with E-state index in [0.29, 0.717) is 28.9 Å². The Labute approximate surface area is 124 Å². The second kappa shape index (κ2) is 5.46. The summed E-state index contributed by atoms with van der Waals surface area (Å²) in [5.41, 5.74) is 0. The highest BCUT2D eigenvalue weighted by molar-refractivity contribution is 7.98. The van der Waals surface area contributed by atoms with Crippen LogP contribution in [0.2, 0.25) is 5.02 Å². The Balaban J connectivity index is 1.58. The molecule has 104 valence electrons. The summed E-state index contributed by atoms with van der Waals surface area (Å²) >= 11 is 7.39. The van der Waals surface area contributed by atoms with Crippen LogP contribution < -0.4 is 0 Å². The van der Waals surface area contributed by atoms with Crippen LogP contribution in [0.15, 0.2) is 33.7 Å². The average Bonchev–Trinajstić information content (AvgIpc) is 3.11. The summed E-state index contributed by atoms with van der Waals surface area (Å²) in [6, 6.07) is 7.51. The summed E-state index contributed by atoms with van der Waals surface area (Å²) < 4.78 is 5.12. The molecular weight excluding hydrogens is 300 g/mol. The molecular formula is C13H11ClN2O3S. The lowest BCUT2D eigenvalue weighted by Gasteiger charge is -1.97. The fraction of sp³-hybridized carbons (Fsp3) is 0.308. The first kappa shape index (κ1) is 13.5. The SMILES string of the molecule is O=C(O)C1CC1c1nc(CSc2ccc(Cl)cc2)no1. The van der Waals surface area contributed by atoms with Gasteiger partial charge in [0.15, 0.2) is 5.82 Å². The van der Waals surface area contributed by atoms with Gasteiger partial charge in [-0.05, 0) is 30.7 Å². The molecule has 0 aliphatic heterocycles. The van der Waals surface area contributed by atoms with Gasteiger partial charge in [0.1, 0.15) is 0 Å². The fourth-order valence-electron chi connectivity index (χ4n) is 1.90. The van der Waals surface area contributed by atoms with Crippen LogP contribution in [0.3, 0.4) is 0 Å². The van der Waals surface area contributed by atoms with Crippen molar-refractivity contribution in [2.75, 3.05) is 0 Å². The number of nitrogens with zero attached hydrogens (tertiary/aromatic N) is 2. The first-order valence-corrected chi connectivity index (χ1v) is 7.43. The first-order chi connectivity index (χ1) is 9.63. The Bertz CT molecular complexity index is 629. The Kier molecular flexibility index (Phi) is 3.67. The van der Waals surface area contributed by atoms with Crippen molar-refractivity contribution in [2.45, 2.75) is 23.0 Å². The van der Waals surface area contributed by atoms with Crippen LogP contribution in [0.1, 0.15) is 24.1 Å². The number of rotatable bonds is 5. The topological polar surface area (TPSA) is 76.2 Å². The molecule has 2 aromatic rings. The van der Waals surface area contributed by atoms with E-state index in [-0.39, 0.29) is 11.8 Å². The molecule has 0 saturated heterocycles. The maximum absolute atomic E-state index is 10.8. The standard InChI is InChI=1S/C13H11ClN2O3S/c14-7-1-3-8(4-2-7)20-6-11-15-12(19-16-11)9-5-10(9)13(17)18/h1-4,9-10H,5-6H2,(H,17,18). The van der Waals surface area contributed by atoms with E-state index in [0.717, 1.165) is 4.90 Å². The average molecular weight is 311 g/mol. The Morgan fingerprint density at radius 3 is 2.85 bits per heavy atom. The Morgan fingerprint density at radius 1 is 1.45 bits per heavy atom. The summed E-state index contributed by atoms with van der Waals surface area (Å²) in [5, 5.41) is 13.4. The van der Waals surface area contributed by atoms with Crippen LogP contribution in [0, 0.1) is 5.92 Å². The summed E-state index contributed by atoms with van der Waals surface area (Å²) in [7, 11) is 0. The third-order valence-electron chi connectivity index (χ3n) is 3.09. The number of thioether (sulfide) groups is 1. The van der Waals surface area contributed by atoms with Gasteiger partial charge in [-0.15, -0.1) is 11.8 Å². The predicted molar refractivity (Wildman–Crippen MR) is 73.8 cm³/mol. The molecule has 3 rings (SSSR count). The third-order valence-corrected chi connectivity index (χ3v) is 4.35. The normalized spacial score (nSPS) is 20.9. The Morgan fingerprint density at radius 2 is 2.20 bits per heavy atom. The van der Waals surface area contributed by atoms with Crippen molar-refractivity contribution in [1.82, 2.24) is 10.1 Å². The van der Waals surface area contributed by atoms with Crippen molar-refractivity contribution in [3.8, 4) is 0 Å². The lowest BCUT2D eigenvalue weighted by molar-refractivity contribution is -0.138. The third kappa shape index (κ3) is 2.96. The summed E-state index contributed by atoms with van der Waals surface area (Å²) in [6.45, 7) is 0. The quantitative estimate of drug-likeness (QED) is 0.855. The molecule has 0 amide bonds. The van der Waals surface area contributed by atoms with Crippen molar-refractivity contribution >= 4 is 29.3 Å². The van der Waals surface area contributed by atoms with E-state index >= 15 is 0 Å². The molecule has 1 aliphatic carbocycles. The van der Waals surface area contributed by atoms with Crippen LogP contribution in [-0.4, -0.2) is 21.2 Å². The highest BCUT2D eigenvalue weighted by Gasteiger charge is 2.48. The van der Waals surface area contributed by atoms with Crippen LogP contribution in [0.5, 0.6) is 0 Å². The maximum atomic E-state index is 10.8. The lowest BCUT2D eigenvalue weighted by atomic mass is 10.3. The monoisotopic (exact) mass is 310 g/mol. The summed E-state index contributed by atoms with van der Waals surface area (Å²) in [4.78, 5) is 16.1. The van der Waals surface area contributed by atoms with Gasteiger partial charge in [0.25, 0.3) is 0 Å². The van der Waals surface area contributed by atoms with Crippen LogP contribution in [0.25, 0.3) is 0 Å². The van der Waals surface area contributed by atoms with Crippen molar-refractivity contribution in [1.29, 1.82) is 0 Å². The van der Waals surface area contributed by atoms with Gasteiger partial charge in [0, 0.05) is 9.92 Å². The van der Waals surface area contributed by atoms with E-state index in [1.165, 1.54) is 0 Å². The van der Waals surface area contributed by atoms with E-state index in [1.54, 1.807) is 11.8 Å². The number of carboxylic acid groups (broad SMARTS) is 1. The minimum absolute atomic E-state index is 0.116. The molecule has 0 spiro atoms. The molecule has 0 radical (unpaired) electrons. The van der Waals surface area contributed by atoms with Crippen LogP contribution >= 0.6 is 23.4 Å². The highest BCUT2D eigenvalue weighted by atomic mass is 35.5. The zero-order valence-electron chi connectivity index (χ0n) is 10.3. The van der Waals surface area contributed by atoms with Gasteiger partial charge in [-0.2, -0.15) is 4.98 Å². The van der Waals surface area contributed by atoms with E-state index in [2.05, 4.69) is 10.1 Å². The van der Waals surface area contributed by atoms with Crippen molar-refractivity contribution < 1.29 is 14.4 Å². The summed E-state index contributed by atoms with van der Waals surface area (Å²) in [5.74, 6) is 0.308. The minimum Gasteiger partial charge on any atom is -0.481 e. The summed E-state index contributed by atoms with van der Waals surface area (Å²) in [6.07, 6.45) is 0.585. The van der Waals surface area contributed by atoms with E-state index in [9.17, 15) is 4.79 Å². The van der Waals surface area contributed by atoms with E-state index in [4.69, 9.17) is 21.2 Å². The van der Waals surface area contributed by atoms with Crippen molar-refractivity contribution in [3.63, 3.8) is 0 Å². The van der Waals surface area contributed by atoms with Gasteiger partial charge in [-0.3, -0.25) is 4.79 Å². The number of hydrogen-bond donors (Lipinski definition) is 1. The van der Waals surface area contributed by atoms with Crippen LogP contribution in [0.4, 0.5) is 0 Å². The van der Waals surface area contributed by atoms with Gasteiger partial charge in [0.2, 0.25) is 5.89 Å². The predicted octanol–water partition coefficient (Wildman–Crippen LogP) is 3.20. The molecule has 5 nitrogen and oxygen atoms in total. The fourth-order valence-corrected chi connectivity index (χ4v) is 2.76. The minimum atomic E-state index is -0.801. The van der Waals surface area contributed by atoms with Gasteiger partial charge < -0.3 is 9.63 Å². The number of aromatic nitrogens is 2. The number of aliphatic carboxylic acids is 1. The number of hydrogen-bond acceptors (Lipinski definition) is 5. The molecule has 1 aliphatic rings. The lowest BCUT2D eigenvalue weighted by Crippen LogP contribution is -1.99. The van der Waals surface area contributed by atoms with Crippen LogP contribution in [-0.2, 0) is 10.5 Å². The molecule has 1 fully saturated rings. The number of carboxylic acids is 1. The van der Waals surface area contributed by atoms with Gasteiger partial charge >= 0.3 is 5.97 Å². The molecule has 20 heavy (non-hydrogen) atoms. The van der Waals surface area contributed by atoms with Gasteiger partial charge in [0.05, 0.1) is 17.6 Å². The first-order valence-electron chi connectivity index (χ1n) is 6.07. The molecule has 0 bridgehead atoms. The second-order valence-corrected chi connectivity index (χ2v) is 6.06. The van der Waals surface area contributed by atoms with Gasteiger partial charge in [-0.25, -0.2) is 0 Å². The van der Waals surface area contributed by atoms with E-state index < -0.39 is 5.97 Å². The van der Waals surface area contributed by atoms with Crippen molar-refractivity contribution in [3.05, 3.63) is 41.0 Å². The molecule has 1 N–H and O–H groups in total. The number of benzene rings is 1.